The van der Waals surface area contributed by atoms with Gasteiger partial charge < -0.3 is 10.5 Å². The summed E-state index contributed by atoms with van der Waals surface area (Å²) in [6.07, 6.45) is 1.80. The largest absolute Gasteiger partial charge is 0.489 e. The molecule has 0 amide bonds. The van der Waals surface area contributed by atoms with Gasteiger partial charge in [0.1, 0.15) is 12.4 Å². The maximum Gasteiger partial charge on any atom is 0.119 e. The fourth-order valence-corrected chi connectivity index (χ4v) is 1.34. The minimum absolute atomic E-state index is 0.472. The van der Waals surface area contributed by atoms with Crippen molar-refractivity contribution in [3.63, 3.8) is 0 Å². The van der Waals surface area contributed by atoms with E-state index in [0.717, 1.165) is 17.0 Å². The van der Waals surface area contributed by atoms with Gasteiger partial charge in [-0.3, -0.25) is 4.98 Å². The summed E-state index contributed by atoms with van der Waals surface area (Å²) in [5, 5.41) is 0. The number of para-hydroxylation sites is 1. The summed E-state index contributed by atoms with van der Waals surface area (Å²) in [7, 11) is 0. The average Bonchev–Trinajstić information content (AvgIpc) is 2.38. The van der Waals surface area contributed by atoms with Crippen LogP contribution >= 0.6 is 0 Å². The molecular weight excluding hydrogens is 200 g/mol. The lowest BCUT2D eigenvalue weighted by Gasteiger charge is -2.05. The molecule has 0 fully saturated rings. The number of pyridine rings is 1. The van der Waals surface area contributed by atoms with Gasteiger partial charge in [-0.2, -0.15) is 0 Å². The topological polar surface area (TPSA) is 48.1 Å². The van der Waals surface area contributed by atoms with E-state index in [-0.39, 0.29) is 0 Å². The van der Waals surface area contributed by atoms with Crippen molar-refractivity contribution >= 4 is 0 Å². The van der Waals surface area contributed by atoms with E-state index in [1.807, 2.05) is 42.5 Å². The summed E-state index contributed by atoms with van der Waals surface area (Å²) in [5.41, 5.74) is 7.41. The van der Waals surface area contributed by atoms with E-state index in [2.05, 4.69) is 4.98 Å². The molecule has 82 valence electrons. The lowest BCUT2D eigenvalue weighted by Crippen LogP contribution is -2.01. The van der Waals surface area contributed by atoms with E-state index < -0.39 is 0 Å². The Balaban J connectivity index is 1.94. The Morgan fingerprint density at radius 2 is 1.88 bits per heavy atom. The van der Waals surface area contributed by atoms with Crippen LogP contribution in [0.5, 0.6) is 5.75 Å². The lowest BCUT2D eigenvalue weighted by molar-refractivity contribution is 0.305. The molecule has 1 heterocycles. The summed E-state index contributed by atoms with van der Waals surface area (Å²) < 4.78 is 5.59. The maximum absolute atomic E-state index is 5.59. The molecule has 1 aromatic heterocycles. The van der Waals surface area contributed by atoms with Gasteiger partial charge in [-0.15, -0.1) is 0 Å². The van der Waals surface area contributed by atoms with E-state index in [1.54, 1.807) is 6.20 Å². The van der Waals surface area contributed by atoms with Crippen LogP contribution in [-0.4, -0.2) is 4.98 Å². The van der Waals surface area contributed by atoms with Crippen molar-refractivity contribution in [1.82, 2.24) is 4.98 Å². The SMILES string of the molecule is NCc1ccc(COc2ccccc2)cn1. The van der Waals surface area contributed by atoms with E-state index in [1.165, 1.54) is 0 Å². The summed E-state index contributed by atoms with van der Waals surface area (Å²) in [6.45, 7) is 1.00. The number of ether oxygens (including phenoxy) is 1. The van der Waals surface area contributed by atoms with Crippen LogP contribution in [0, 0.1) is 0 Å². The molecule has 0 saturated heterocycles. The molecule has 1 aromatic carbocycles. The van der Waals surface area contributed by atoms with Gasteiger partial charge in [0.2, 0.25) is 0 Å². The fraction of sp³-hybridized carbons (Fsp3) is 0.154. The van der Waals surface area contributed by atoms with Crippen LogP contribution in [0.15, 0.2) is 48.7 Å². The van der Waals surface area contributed by atoms with Crippen LogP contribution in [0.1, 0.15) is 11.3 Å². The van der Waals surface area contributed by atoms with Gasteiger partial charge in [-0.05, 0) is 18.2 Å². The van der Waals surface area contributed by atoms with Crippen LogP contribution in [0.3, 0.4) is 0 Å². The van der Waals surface area contributed by atoms with Gasteiger partial charge in [0.15, 0.2) is 0 Å². The van der Waals surface area contributed by atoms with Gasteiger partial charge in [-0.25, -0.2) is 0 Å². The van der Waals surface area contributed by atoms with Gasteiger partial charge >= 0.3 is 0 Å². The normalized spacial score (nSPS) is 10.1. The molecule has 3 nitrogen and oxygen atoms in total. The predicted octanol–water partition coefficient (Wildman–Crippen LogP) is 2.12. The molecule has 0 aliphatic rings. The highest BCUT2D eigenvalue weighted by molar-refractivity contribution is 5.22. The third-order valence-electron chi connectivity index (χ3n) is 2.24. The molecule has 2 aromatic rings. The quantitative estimate of drug-likeness (QED) is 0.848. The molecule has 0 atom stereocenters. The van der Waals surface area contributed by atoms with Crippen LogP contribution < -0.4 is 10.5 Å². The summed E-state index contributed by atoms with van der Waals surface area (Å²) >= 11 is 0. The number of nitrogens with zero attached hydrogens (tertiary/aromatic N) is 1. The van der Waals surface area contributed by atoms with Crippen molar-refractivity contribution in [1.29, 1.82) is 0 Å². The van der Waals surface area contributed by atoms with Crippen LogP contribution in [0.4, 0.5) is 0 Å². The molecule has 0 radical (unpaired) electrons. The molecule has 0 aliphatic carbocycles. The molecule has 16 heavy (non-hydrogen) atoms. The molecule has 3 heteroatoms. The highest BCUT2D eigenvalue weighted by atomic mass is 16.5. The number of hydrogen-bond donors (Lipinski definition) is 1. The second-order valence-corrected chi connectivity index (χ2v) is 3.46. The van der Waals surface area contributed by atoms with Gasteiger partial charge in [0, 0.05) is 18.3 Å². The minimum Gasteiger partial charge on any atom is -0.489 e. The van der Waals surface area contributed by atoms with E-state index in [9.17, 15) is 0 Å². The van der Waals surface area contributed by atoms with Crippen LogP contribution in [-0.2, 0) is 13.2 Å². The Morgan fingerprint density at radius 1 is 1.06 bits per heavy atom. The first kappa shape index (κ1) is 10.6. The fourth-order valence-electron chi connectivity index (χ4n) is 1.34. The van der Waals surface area contributed by atoms with Gasteiger partial charge in [0.25, 0.3) is 0 Å². The first-order valence-corrected chi connectivity index (χ1v) is 5.20. The lowest BCUT2D eigenvalue weighted by atomic mass is 10.2. The monoisotopic (exact) mass is 214 g/mol. The molecule has 0 unspecified atom stereocenters. The van der Waals surface area contributed by atoms with E-state index in [4.69, 9.17) is 10.5 Å². The van der Waals surface area contributed by atoms with Gasteiger partial charge in [-0.1, -0.05) is 24.3 Å². The zero-order valence-corrected chi connectivity index (χ0v) is 8.97. The van der Waals surface area contributed by atoms with Gasteiger partial charge in [0.05, 0.1) is 5.69 Å². The number of hydrogen-bond acceptors (Lipinski definition) is 3. The Bertz CT molecular complexity index is 425. The number of rotatable bonds is 4. The number of nitrogens with two attached hydrogens (primary N) is 1. The van der Waals surface area contributed by atoms with Crippen LogP contribution in [0.2, 0.25) is 0 Å². The summed E-state index contributed by atoms with van der Waals surface area (Å²) in [4.78, 5) is 4.20. The van der Waals surface area contributed by atoms with Crippen molar-refractivity contribution in [2.24, 2.45) is 5.73 Å². The Kier molecular flexibility index (Phi) is 3.51. The predicted molar refractivity (Wildman–Crippen MR) is 62.9 cm³/mol. The first-order valence-electron chi connectivity index (χ1n) is 5.20. The third kappa shape index (κ3) is 2.81. The molecule has 2 N–H and O–H groups in total. The summed E-state index contributed by atoms with van der Waals surface area (Å²) in [5.74, 6) is 0.866. The zero-order valence-electron chi connectivity index (χ0n) is 8.97. The van der Waals surface area contributed by atoms with Crippen molar-refractivity contribution in [2.75, 3.05) is 0 Å². The van der Waals surface area contributed by atoms with Crippen molar-refractivity contribution in [3.05, 3.63) is 59.9 Å². The zero-order chi connectivity index (χ0) is 11.2. The highest BCUT2D eigenvalue weighted by Gasteiger charge is 1.96. The molecular formula is C13H14N2O. The molecule has 0 spiro atoms. The van der Waals surface area contributed by atoms with Crippen molar-refractivity contribution < 1.29 is 4.74 Å². The van der Waals surface area contributed by atoms with Crippen molar-refractivity contribution in [3.8, 4) is 5.75 Å². The molecule has 2 rings (SSSR count). The Hall–Kier alpha value is -1.87. The Labute approximate surface area is 94.9 Å². The molecule has 0 bridgehead atoms. The standard InChI is InChI=1S/C13H14N2O/c14-8-12-7-6-11(9-15-12)10-16-13-4-2-1-3-5-13/h1-7,9H,8,10,14H2. The average molecular weight is 214 g/mol. The third-order valence-corrected chi connectivity index (χ3v) is 2.24. The second kappa shape index (κ2) is 5.28. The highest BCUT2D eigenvalue weighted by Crippen LogP contribution is 2.11. The minimum atomic E-state index is 0.472. The Morgan fingerprint density at radius 3 is 2.50 bits per heavy atom. The van der Waals surface area contributed by atoms with Crippen molar-refractivity contribution in [2.45, 2.75) is 13.2 Å². The maximum atomic E-state index is 5.59. The first-order chi connectivity index (χ1) is 7.88. The number of benzene rings is 1. The van der Waals surface area contributed by atoms with Crippen LogP contribution in [0.25, 0.3) is 0 Å². The number of aromatic nitrogens is 1. The van der Waals surface area contributed by atoms with E-state index >= 15 is 0 Å². The summed E-state index contributed by atoms with van der Waals surface area (Å²) in [6, 6.07) is 13.6. The molecule has 0 aliphatic heterocycles. The smallest absolute Gasteiger partial charge is 0.119 e. The van der Waals surface area contributed by atoms with E-state index in [0.29, 0.717) is 13.2 Å². The second-order valence-electron chi connectivity index (χ2n) is 3.46. The molecule has 0 saturated carbocycles.